The number of ether oxygens (including phenoxy) is 1. The van der Waals surface area contributed by atoms with E-state index >= 15 is 0 Å². The van der Waals surface area contributed by atoms with E-state index in [2.05, 4.69) is 15.6 Å². The van der Waals surface area contributed by atoms with Crippen LogP contribution >= 0.6 is 36.2 Å². The maximum atomic E-state index is 12.7. The van der Waals surface area contributed by atoms with Gasteiger partial charge in [-0.3, -0.25) is 9.59 Å². The molecule has 0 bridgehead atoms. The Morgan fingerprint density at radius 3 is 2.58 bits per heavy atom. The number of nitrogens with one attached hydrogen (secondary N) is 2. The van der Waals surface area contributed by atoms with Crippen LogP contribution < -0.4 is 16.4 Å². The number of fused-ring (bicyclic) bond motifs is 1. The quantitative estimate of drug-likeness (QED) is 0.704. The maximum Gasteiger partial charge on any atom is 0.232 e. The highest BCUT2D eigenvalue weighted by Crippen LogP contribution is 2.32. The van der Waals surface area contributed by atoms with E-state index in [-0.39, 0.29) is 36.6 Å². The maximum absolute atomic E-state index is 12.7. The summed E-state index contributed by atoms with van der Waals surface area (Å²) in [5.74, 6) is -0.230. The van der Waals surface area contributed by atoms with Gasteiger partial charge in [0.25, 0.3) is 0 Å². The van der Waals surface area contributed by atoms with Gasteiger partial charge in [-0.25, -0.2) is 4.98 Å². The smallest absolute Gasteiger partial charge is 0.232 e. The fraction of sp³-hybridized carbons (Fsp3) is 0.438. The van der Waals surface area contributed by atoms with E-state index in [1.807, 2.05) is 12.1 Å². The number of halogens is 2. The number of carbonyl (C=O) groups excluding carboxylic acids is 2. The van der Waals surface area contributed by atoms with Crippen LogP contribution in [0.15, 0.2) is 18.2 Å². The minimum absolute atomic E-state index is 0. The van der Waals surface area contributed by atoms with Crippen LogP contribution in [0.1, 0.15) is 19.8 Å². The molecule has 7 nitrogen and oxygen atoms in total. The molecule has 4 N–H and O–H groups in total. The highest BCUT2D eigenvalue weighted by Gasteiger charge is 2.38. The molecule has 1 saturated heterocycles. The molecule has 1 aromatic carbocycles. The van der Waals surface area contributed by atoms with Crippen LogP contribution in [0.5, 0.6) is 0 Å². The Balaban J connectivity index is 0.00000169. The van der Waals surface area contributed by atoms with Crippen molar-refractivity contribution < 1.29 is 14.3 Å². The number of thiazole rings is 1. The molecule has 2 amide bonds. The van der Waals surface area contributed by atoms with E-state index in [4.69, 9.17) is 10.5 Å². The van der Waals surface area contributed by atoms with Crippen molar-refractivity contribution in [2.24, 2.45) is 11.1 Å². The number of rotatable bonds is 4. The Hall–Kier alpha value is -1.45. The van der Waals surface area contributed by atoms with Gasteiger partial charge in [0.2, 0.25) is 11.8 Å². The van der Waals surface area contributed by atoms with Crippen LogP contribution in [0.3, 0.4) is 0 Å². The van der Waals surface area contributed by atoms with E-state index in [0.29, 0.717) is 43.4 Å². The second-order valence-corrected chi connectivity index (χ2v) is 6.96. The van der Waals surface area contributed by atoms with Crippen LogP contribution in [-0.2, 0) is 14.3 Å². The van der Waals surface area contributed by atoms with Crippen molar-refractivity contribution in [3.63, 3.8) is 0 Å². The van der Waals surface area contributed by atoms with Gasteiger partial charge in [-0.15, -0.1) is 24.8 Å². The van der Waals surface area contributed by atoms with Gasteiger partial charge < -0.3 is 21.1 Å². The Morgan fingerprint density at radius 1 is 1.27 bits per heavy atom. The summed E-state index contributed by atoms with van der Waals surface area (Å²) in [5, 5.41) is 6.18. The van der Waals surface area contributed by atoms with Crippen LogP contribution in [0.25, 0.3) is 10.2 Å². The molecule has 1 aromatic heterocycles. The average molecular weight is 421 g/mol. The molecule has 0 spiro atoms. The molecule has 144 valence electrons. The lowest BCUT2D eigenvalue weighted by Gasteiger charge is -2.34. The second-order valence-electron chi connectivity index (χ2n) is 5.93. The largest absolute Gasteiger partial charge is 0.381 e. The molecule has 2 aromatic rings. The number of benzene rings is 1. The van der Waals surface area contributed by atoms with Crippen molar-refractivity contribution in [2.45, 2.75) is 19.8 Å². The lowest BCUT2D eigenvalue weighted by molar-refractivity contribution is -0.130. The summed E-state index contributed by atoms with van der Waals surface area (Å²) >= 11 is 1.37. The molecule has 3 rings (SSSR count). The van der Waals surface area contributed by atoms with Crippen LogP contribution in [0.4, 0.5) is 10.8 Å². The number of anilines is 2. The summed E-state index contributed by atoms with van der Waals surface area (Å²) in [6, 6.07) is 5.49. The monoisotopic (exact) mass is 420 g/mol. The number of amides is 2. The summed E-state index contributed by atoms with van der Waals surface area (Å²) in [6.45, 7) is 2.85. The fourth-order valence-electron chi connectivity index (χ4n) is 2.76. The molecule has 1 aliphatic heterocycles. The summed E-state index contributed by atoms with van der Waals surface area (Å²) < 4.78 is 6.24. The molecule has 2 heterocycles. The average Bonchev–Trinajstić information content (AvgIpc) is 2.96. The highest BCUT2D eigenvalue weighted by molar-refractivity contribution is 7.22. The Labute approximate surface area is 167 Å². The Kier molecular flexibility index (Phi) is 8.23. The lowest BCUT2D eigenvalue weighted by Crippen LogP contribution is -2.46. The minimum atomic E-state index is -0.567. The zero-order valence-corrected chi connectivity index (χ0v) is 16.7. The van der Waals surface area contributed by atoms with Crippen molar-refractivity contribution in [1.29, 1.82) is 0 Å². The van der Waals surface area contributed by atoms with Crippen molar-refractivity contribution >= 4 is 69.0 Å². The number of nitrogens with two attached hydrogens (primary N) is 1. The Morgan fingerprint density at radius 2 is 1.96 bits per heavy atom. The molecule has 1 fully saturated rings. The number of hydrogen-bond acceptors (Lipinski definition) is 6. The van der Waals surface area contributed by atoms with Gasteiger partial charge in [-0.1, -0.05) is 11.3 Å². The first-order valence-corrected chi connectivity index (χ1v) is 8.61. The highest BCUT2D eigenvalue weighted by atomic mass is 35.5. The summed E-state index contributed by atoms with van der Waals surface area (Å²) in [4.78, 5) is 28.1. The predicted molar refractivity (Wildman–Crippen MR) is 109 cm³/mol. The SMILES string of the molecule is CC(=O)Nc1nc2ccc(NC(=O)C3(CN)CCOCC3)cc2s1.Cl.Cl. The first-order chi connectivity index (χ1) is 11.5. The summed E-state index contributed by atoms with van der Waals surface area (Å²) in [5.41, 5.74) is 6.78. The molecule has 0 aliphatic carbocycles. The van der Waals surface area contributed by atoms with Gasteiger partial charge in [0, 0.05) is 32.4 Å². The molecule has 26 heavy (non-hydrogen) atoms. The Bertz CT molecular complexity index is 778. The molecular formula is C16H22Cl2N4O3S. The fourth-order valence-corrected chi connectivity index (χ4v) is 3.71. The number of nitrogens with zero attached hydrogens (tertiary/aromatic N) is 1. The van der Waals surface area contributed by atoms with E-state index in [1.165, 1.54) is 18.3 Å². The van der Waals surface area contributed by atoms with E-state index < -0.39 is 5.41 Å². The zero-order chi connectivity index (χ0) is 17.2. The van der Waals surface area contributed by atoms with Gasteiger partial charge in [0.15, 0.2) is 5.13 Å². The number of aromatic nitrogens is 1. The van der Waals surface area contributed by atoms with Gasteiger partial charge >= 0.3 is 0 Å². The third-order valence-corrected chi connectivity index (χ3v) is 5.19. The van der Waals surface area contributed by atoms with E-state index in [1.54, 1.807) is 6.07 Å². The molecule has 10 heteroatoms. The normalized spacial score (nSPS) is 15.5. The molecule has 0 atom stereocenters. The van der Waals surface area contributed by atoms with Gasteiger partial charge in [0.05, 0.1) is 15.6 Å². The van der Waals surface area contributed by atoms with Gasteiger partial charge in [0.1, 0.15) is 0 Å². The number of hydrogen-bond donors (Lipinski definition) is 3. The van der Waals surface area contributed by atoms with Crippen molar-refractivity contribution in [2.75, 3.05) is 30.4 Å². The van der Waals surface area contributed by atoms with E-state index in [0.717, 1.165) is 10.2 Å². The minimum Gasteiger partial charge on any atom is -0.381 e. The topological polar surface area (TPSA) is 106 Å². The van der Waals surface area contributed by atoms with E-state index in [9.17, 15) is 9.59 Å². The van der Waals surface area contributed by atoms with Crippen LogP contribution in [-0.4, -0.2) is 36.6 Å². The molecule has 1 aliphatic rings. The van der Waals surface area contributed by atoms with Crippen molar-refractivity contribution in [3.8, 4) is 0 Å². The predicted octanol–water partition coefficient (Wildman–Crippen LogP) is 2.79. The van der Waals surface area contributed by atoms with Crippen LogP contribution in [0, 0.1) is 5.41 Å². The first-order valence-electron chi connectivity index (χ1n) is 7.80. The summed E-state index contributed by atoms with van der Waals surface area (Å²) in [6.07, 6.45) is 1.26. The molecular weight excluding hydrogens is 399 g/mol. The molecule has 0 radical (unpaired) electrons. The number of carbonyl (C=O) groups is 2. The second kappa shape index (κ2) is 9.48. The van der Waals surface area contributed by atoms with Crippen molar-refractivity contribution in [3.05, 3.63) is 18.2 Å². The van der Waals surface area contributed by atoms with Crippen LogP contribution in [0.2, 0.25) is 0 Å². The standard InChI is InChI=1S/C16H20N4O3S.2ClH/c1-10(21)18-15-20-12-3-2-11(8-13(12)24-15)19-14(22)16(9-17)4-6-23-7-5-16;;/h2-3,8H,4-7,9,17H2,1H3,(H,19,22)(H,18,20,21);2*1H. The summed E-state index contributed by atoms with van der Waals surface area (Å²) in [7, 11) is 0. The van der Waals surface area contributed by atoms with Crippen molar-refractivity contribution in [1.82, 2.24) is 4.98 Å². The third-order valence-electron chi connectivity index (χ3n) is 4.25. The van der Waals surface area contributed by atoms with Gasteiger partial charge in [-0.05, 0) is 31.0 Å². The molecule has 0 saturated carbocycles. The lowest BCUT2D eigenvalue weighted by atomic mass is 9.79. The third kappa shape index (κ3) is 4.83. The first kappa shape index (κ1) is 22.6. The molecule has 0 unspecified atom stereocenters. The zero-order valence-electron chi connectivity index (χ0n) is 14.2. The van der Waals surface area contributed by atoms with Gasteiger partial charge in [-0.2, -0.15) is 0 Å².